The maximum atomic E-state index is 11.8. The Morgan fingerprint density at radius 1 is 1.04 bits per heavy atom. The Kier molecular flexibility index (Phi) is 5.43. The van der Waals surface area contributed by atoms with Crippen molar-refractivity contribution in [3.63, 3.8) is 0 Å². The quantitative estimate of drug-likeness (QED) is 0.882. The minimum Gasteiger partial charge on any atom is -0.300 e. The summed E-state index contributed by atoms with van der Waals surface area (Å²) in [6.07, 6.45) is 0.529. The smallest absolute Gasteiger partial charge is 0.240 e. The van der Waals surface area contributed by atoms with Crippen molar-refractivity contribution in [2.45, 2.75) is 13.0 Å². The first-order chi connectivity index (χ1) is 12.8. The van der Waals surface area contributed by atoms with Gasteiger partial charge in [0.15, 0.2) is 0 Å². The zero-order valence-corrected chi connectivity index (χ0v) is 15.6. The summed E-state index contributed by atoms with van der Waals surface area (Å²) in [7, 11) is 0. The number of carbonyl (C=O) groups excluding carboxylic acids is 1. The first-order valence-corrected chi connectivity index (χ1v) is 10.0. The second-order valence-electron chi connectivity index (χ2n) is 6.97. The van der Waals surface area contributed by atoms with E-state index in [9.17, 15) is 4.79 Å². The van der Waals surface area contributed by atoms with Crippen LogP contribution in [-0.2, 0) is 11.3 Å². The molecule has 1 unspecified atom stereocenters. The van der Waals surface area contributed by atoms with Crippen LogP contribution in [0.5, 0.6) is 0 Å². The number of hydrogen-bond acceptors (Lipinski definition) is 5. The number of piperazine rings is 1. The number of thiophene rings is 1. The summed E-state index contributed by atoms with van der Waals surface area (Å²) in [4.78, 5) is 18.0. The highest BCUT2D eigenvalue weighted by Gasteiger charge is 2.29. The first kappa shape index (κ1) is 17.4. The fourth-order valence-corrected chi connectivity index (χ4v) is 4.49. The molecule has 6 heteroatoms. The number of rotatable bonds is 5. The van der Waals surface area contributed by atoms with Gasteiger partial charge in [-0.2, -0.15) is 5.10 Å². The predicted octanol–water partition coefficient (Wildman–Crippen LogP) is 2.41. The van der Waals surface area contributed by atoms with Crippen molar-refractivity contribution in [1.82, 2.24) is 15.2 Å². The van der Waals surface area contributed by atoms with E-state index in [0.717, 1.165) is 49.9 Å². The Labute approximate surface area is 158 Å². The van der Waals surface area contributed by atoms with E-state index in [-0.39, 0.29) is 11.8 Å². The molecule has 2 aliphatic heterocycles. The largest absolute Gasteiger partial charge is 0.300 e. The standard InChI is InChI=1S/C20H24N4OS/c25-19-13-17(20(22-21-19)18-7-4-12-26-18)15-24-10-8-23(9-11-24)14-16-5-2-1-3-6-16/h1-7,12,17H,8-11,13-15H2,(H,21,25). The molecule has 1 amide bonds. The van der Waals surface area contributed by atoms with Crippen LogP contribution in [0, 0.1) is 5.92 Å². The molecule has 1 N–H and O–H groups in total. The molecule has 1 atom stereocenters. The first-order valence-electron chi connectivity index (χ1n) is 9.17. The predicted molar refractivity (Wildman–Crippen MR) is 105 cm³/mol. The number of nitrogens with one attached hydrogen (secondary N) is 1. The van der Waals surface area contributed by atoms with E-state index >= 15 is 0 Å². The molecule has 0 saturated carbocycles. The number of hydrogen-bond donors (Lipinski definition) is 1. The zero-order valence-electron chi connectivity index (χ0n) is 14.8. The minimum absolute atomic E-state index is 0.0259. The molecule has 26 heavy (non-hydrogen) atoms. The van der Waals surface area contributed by atoms with Gasteiger partial charge in [-0.15, -0.1) is 11.3 Å². The van der Waals surface area contributed by atoms with Crippen LogP contribution < -0.4 is 5.43 Å². The third kappa shape index (κ3) is 4.20. The van der Waals surface area contributed by atoms with Gasteiger partial charge in [-0.05, 0) is 17.0 Å². The van der Waals surface area contributed by atoms with Crippen molar-refractivity contribution in [2.24, 2.45) is 11.0 Å². The second kappa shape index (κ2) is 8.12. The lowest BCUT2D eigenvalue weighted by Crippen LogP contribution is -2.49. The summed E-state index contributed by atoms with van der Waals surface area (Å²) >= 11 is 1.69. The highest BCUT2D eigenvalue weighted by atomic mass is 32.1. The zero-order chi connectivity index (χ0) is 17.8. The van der Waals surface area contributed by atoms with E-state index in [1.54, 1.807) is 11.3 Å². The lowest BCUT2D eigenvalue weighted by molar-refractivity contribution is -0.122. The molecule has 3 heterocycles. The van der Waals surface area contributed by atoms with Crippen LogP contribution in [0.2, 0.25) is 0 Å². The van der Waals surface area contributed by atoms with Gasteiger partial charge in [0.05, 0.1) is 10.6 Å². The molecule has 0 aliphatic carbocycles. The maximum absolute atomic E-state index is 11.8. The molecule has 2 aliphatic rings. The maximum Gasteiger partial charge on any atom is 0.240 e. The number of amides is 1. The summed E-state index contributed by atoms with van der Waals surface area (Å²) in [5.74, 6) is 0.209. The third-order valence-electron chi connectivity index (χ3n) is 5.09. The van der Waals surface area contributed by atoms with Crippen molar-refractivity contribution in [2.75, 3.05) is 32.7 Å². The van der Waals surface area contributed by atoms with E-state index in [4.69, 9.17) is 0 Å². The molecule has 1 fully saturated rings. The van der Waals surface area contributed by atoms with Crippen LogP contribution in [0.1, 0.15) is 16.9 Å². The van der Waals surface area contributed by atoms with Crippen LogP contribution in [0.25, 0.3) is 0 Å². The molecule has 2 aromatic rings. The van der Waals surface area contributed by atoms with Crippen molar-refractivity contribution in [1.29, 1.82) is 0 Å². The molecule has 0 radical (unpaired) electrons. The molecule has 1 saturated heterocycles. The summed E-state index contributed by atoms with van der Waals surface area (Å²) in [6, 6.07) is 14.8. The Balaban J connectivity index is 1.34. The van der Waals surface area contributed by atoms with Gasteiger partial charge < -0.3 is 4.90 Å². The van der Waals surface area contributed by atoms with Crippen LogP contribution >= 0.6 is 11.3 Å². The van der Waals surface area contributed by atoms with Gasteiger partial charge in [0.25, 0.3) is 0 Å². The summed E-state index contributed by atoms with van der Waals surface area (Å²) in [5, 5.41) is 6.42. The SMILES string of the molecule is O=C1CC(CN2CCN(Cc3ccccc3)CC2)C(c2cccs2)=NN1. The molecular formula is C20H24N4OS. The fraction of sp³-hybridized carbons (Fsp3) is 0.400. The topological polar surface area (TPSA) is 47.9 Å². The van der Waals surface area contributed by atoms with Gasteiger partial charge in [-0.3, -0.25) is 9.69 Å². The van der Waals surface area contributed by atoms with Gasteiger partial charge in [0, 0.05) is 51.6 Å². The Bertz CT molecular complexity index is 751. The number of nitrogens with zero attached hydrogens (tertiary/aromatic N) is 3. The molecule has 1 aromatic heterocycles. The lowest BCUT2D eigenvalue weighted by atomic mass is 9.95. The average molecular weight is 369 g/mol. The fourth-order valence-electron chi connectivity index (χ4n) is 3.69. The van der Waals surface area contributed by atoms with E-state index in [1.165, 1.54) is 5.56 Å². The van der Waals surface area contributed by atoms with Crippen molar-refractivity contribution >= 4 is 23.0 Å². The van der Waals surface area contributed by atoms with E-state index in [0.29, 0.717) is 6.42 Å². The molecular weight excluding hydrogens is 344 g/mol. The van der Waals surface area contributed by atoms with Crippen LogP contribution in [0.4, 0.5) is 0 Å². The monoisotopic (exact) mass is 368 g/mol. The van der Waals surface area contributed by atoms with Crippen LogP contribution in [0.15, 0.2) is 52.9 Å². The number of benzene rings is 1. The Hall–Kier alpha value is -2.02. The molecule has 0 bridgehead atoms. The van der Waals surface area contributed by atoms with Crippen LogP contribution in [-0.4, -0.2) is 54.1 Å². The highest BCUT2D eigenvalue weighted by molar-refractivity contribution is 7.12. The van der Waals surface area contributed by atoms with Gasteiger partial charge in [-0.25, -0.2) is 5.43 Å². The molecule has 4 rings (SSSR count). The minimum atomic E-state index is 0.0259. The lowest BCUT2D eigenvalue weighted by Gasteiger charge is -2.37. The highest BCUT2D eigenvalue weighted by Crippen LogP contribution is 2.22. The van der Waals surface area contributed by atoms with Gasteiger partial charge in [0.1, 0.15) is 0 Å². The number of carbonyl (C=O) groups is 1. The van der Waals surface area contributed by atoms with E-state index < -0.39 is 0 Å². The Morgan fingerprint density at radius 3 is 2.54 bits per heavy atom. The summed E-state index contributed by atoms with van der Waals surface area (Å²) in [5.41, 5.74) is 5.06. The normalized spacial score (nSPS) is 22.1. The molecule has 5 nitrogen and oxygen atoms in total. The molecule has 1 aromatic carbocycles. The number of hydrazone groups is 1. The van der Waals surface area contributed by atoms with Crippen molar-refractivity contribution < 1.29 is 4.79 Å². The van der Waals surface area contributed by atoms with Crippen LogP contribution in [0.3, 0.4) is 0 Å². The van der Waals surface area contributed by atoms with E-state index in [1.807, 2.05) is 6.07 Å². The van der Waals surface area contributed by atoms with Gasteiger partial charge in [-0.1, -0.05) is 36.4 Å². The molecule has 0 spiro atoms. The third-order valence-corrected chi connectivity index (χ3v) is 5.98. The summed E-state index contributed by atoms with van der Waals surface area (Å²) < 4.78 is 0. The second-order valence-corrected chi connectivity index (χ2v) is 7.92. The molecule has 136 valence electrons. The van der Waals surface area contributed by atoms with Crippen molar-refractivity contribution in [3.8, 4) is 0 Å². The van der Waals surface area contributed by atoms with E-state index in [2.05, 4.69) is 62.1 Å². The summed E-state index contributed by atoms with van der Waals surface area (Å²) in [6.45, 7) is 6.15. The average Bonchev–Trinajstić information content (AvgIpc) is 3.19. The van der Waals surface area contributed by atoms with Gasteiger partial charge in [0.2, 0.25) is 5.91 Å². The van der Waals surface area contributed by atoms with Gasteiger partial charge >= 0.3 is 0 Å². The van der Waals surface area contributed by atoms with Crippen molar-refractivity contribution in [3.05, 3.63) is 58.3 Å². The Morgan fingerprint density at radius 2 is 1.81 bits per heavy atom.